The molecule has 0 bridgehead atoms. The minimum absolute atomic E-state index is 0.0375. The number of aliphatic hydroxyl groups is 1. The lowest BCUT2D eigenvalue weighted by Gasteiger charge is -2.16. The number of thiophene rings is 1. The van der Waals surface area contributed by atoms with Gasteiger partial charge in [-0.3, -0.25) is 0 Å². The normalized spacial score (nSPS) is 14.2. The van der Waals surface area contributed by atoms with Crippen molar-refractivity contribution in [3.63, 3.8) is 0 Å². The van der Waals surface area contributed by atoms with Gasteiger partial charge in [0.1, 0.15) is 4.21 Å². The SMILES string of the molecule is CC(C)C(C)NS(=O)(=O)c1ccc(CCO)s1. The largest absolute Gasteiger partial charge is 0.396 e. The lowest BCUT2D eigenvalue weighted by molar-refractivity contribution is 0.300. The van der Waals surface area contributed by atoms with Gasteiger partial charge in [0.05, 0.1) is 0 Å². The van der Waals surface area contributed by atoms with Crippen LogP contribution in [0.25, 0.3) is 0 Å². The second kappa shape index (κ2) is 5.95. The van der Waals surface area contributed by atoms with E-state index in [0.29, 0.717) is 10.6 Å². The molecule has 1 rings (SSSR count). The number of aliphatic hydroxyl groups excluding tert-OH is 1. The van der Waals surface area contributed by atoms with E-state index in [4.69, 9.17) is 5.11 Å². The molecule has 1 aromatic heterocycles. The maximum absolute atomic E-state index is 12.0. The molecule has 0 saturated carbocycles. The Kier molecular flexibility index (Phi) is 5.12. The zero-order valence-electron chi connectivity index (χ0n) is 10.3. The smallest absolute Gasteiger partial charge is 0.250 e. The van der Waals surface area contributed by atoms with Crippen molar-refractivity contribution in [3.8, 4) is 0 Å². The third-order valence-corrected chi connectivity index (χ3v) is 5.80. The van der Waals surface area contributed by atoms with E-state index in [2.05, 4.69) is 4.72 Å². The number of nitrogens with one attached hydrogen (secondary N) is 1. The van der Waals surface area contributed by atoms with Crippen LogP contribution in [0.3, 0.4) is 0 Å². The quantitative estimate of drug-likeness (QED) is 0.830. The van der Waals surface area contributed by atoms with Gasteiger partial charge in [0.2, 0.25) is 10.0 Å². The highest BCUT2D eigenvalue weighted by atomic mass is 32.2. The van der Waals surface area contributed by atoms with Gasteiger partial charge in [-0.15, -0.1) is 11.3 Å². The van der Waals surface area contributed by atoms with Crippen molar-refractivity contribution in [2.75, 3.05) is 6.61 Å². The molecule has 1 heterocycles. The van der Waals surface area contributed by atoms with Gasteiger partial charge in [0.15, 0.2) is 0 Å². The summed E-state index contributed by atoms with van der Waals surface area (Å²) in [7, 11) is -3.42. The van der Waals surface area contributed by atoms with Gasteiger partial charge in [0.25, 0.3) is 0 Å². The molecule has 1 unspecified atom stereocenters. The van der Waals surface area contributed by atoms with E-state index in [1.165, 1.54) is 11.3 Å². The highest BCUT2D eigenvalue weighted by Crippen LogP contribution is 2.22. The Morgan fingerprint density at radius 3 is 2.53 bits per heavy atom. The van der Waals surface area contributed by atoms with Crippen molar-refractivity contribution in [2.45, 2.75) is 37.4 Å². The lowest BCUT2D eigenvalue weighted by atomic mass is 10.1. The summed E-state index contributed by atoms with van der Waals surface area (Å²) in [6.45, 7) is 5.83. The second-order valence-electron chi connectivity index (χ2n) is 4.35. The molecule has 17 heavy (non-hydrogen) atoms. The topological polar surface area (TPSA) is 66.4 Å². The standard InChI is InChI=1S/C11H19NO3S2/c1-8(2)9(3)12-17(14,15)11-5-4-10(16-11)6-7-13/h4-5,8-9,12-13H,6-7H2,1-3H3. The fourth-order valence-electron chi connectivity index (χ4n) is 1.19. The zero-order chi connectivity index (χ0) is 13.1. The number of hydrogen-bond donors (Lipinski definition) is 2. The average molecular weight is 277 g/mol. The van der Waals surface area contributed by atoms with E-state index in [9.17, 15) is 8.42 Å². The van der Waals surface area contributed by atoms with Gasteiger partial charge in [0, 0.05) is 23.9 Å². The second-order valence-corrected chi connectivity index (χ2v) is 7.46. The predicted octanol–water partition coefficient (Wildman–Crippen LogP) is 1.61. The van der Waals surface area contributed by atoms with Crippen LogP contribution in [0.2, 0.25) is 0 Å². The van der Waals surface area contributed by atoms with E-state index >= 15 is 0 Å². The minimum Gasteiger partial charge on any atom is -0.396 e. The van der Waals surface area contributed by atoms with Crippen LogP contribution in [0, 0.1) is 5.92 Å². The molecule has 0 saturated heterocycles. The van der Waals surface area contributed by atoms with Crippen molar-refractivity contribution in [2.24, 2.45) is 5.92 Å². The fourth-order valence-corrected chi connectivity index (χ4v) is 3.94. The Morgan fingerprint density at radius 2 is 2.00 bits per heavy atom. The molecule has 2 N–H and O–H groups in total. The maximum Gasteiger partial charge on any atom is 0.250 e. The van der Waals surface area contributed by atoms with Crippen LogP contribution in [-0.2, 0) is 16.4 Å². The first-order chi connectivity index (χ1) is 7.86. The van der Waals surface area contributed by atoms with Crippen LogP contribution in [0.15, 0.2) is 16.3 Å². The summed E-state index contributed by atoms with van der Waals surface area (Å²) in [6.07, 6.45) is 0.500. The molecule has 0 amide bonds. The lowest BCUT2D eigenvalue weighted by Crippen LogP contribution is -2.35. The highest BCUT2D eigenvalue weighted by molar-refractivity contribution is 7.91. The summed E-state index contributed by atoms with van der Waals surface area (Å²) in [5.41, 5.74) is 0. The third kappa shape index (κ3) is 4.06. The average Bonchev–Trinajstić information content (AvgIpc) is 2.66. The third-order valence-electron chi connectivity index (χ3n) is 2.60. The number of hydrogen-bond acceptors (Lipinski definition) is 4. The van der Waals surface area contributed by atoms with E-state index < -0.39 is 10.0 Å². The Bertz CT molecular complexity index is 451. The molecule has 0 aliphatic heterocycles. The first kappa shape index (κ1) is 14.6. The van der Waals surface area contributed by atoms with Crippen molar-refractivity contribution in [1.82, 2.24) is 4.72 Å². The molecule has 0 radical (unpaired) electrons. The number of rotatable bonds is 6. The van der Waals surface area contributed by atoms with E-state index in [-0.39, 0.29) is 18.6 Å². The van der Waals surface area contributed by atoms with Crippen molar-refractivity contribution in [3.05, 3.63) is 17.0 Å². The molecule has 1 aromatic rings. The Morgan fingerprint density at radius 1 is 1.35 bits per heavy atom. The Labute approximate surface area is 107 Å². The monoisotopic (exact) mass is 277 g/mol. The minimum atomic E-state index is -3.42. The van der Waals surface area contributed by atoms with Gasteiger partial charge < -0.3 is 5.11 Å². The summed E-state index contributed by atoms with van der Waals surface area (Å²) < 4.78 is 27.0. The molecule has 0 spiro atoms. The first-order valence-corrected chi connectivity index (χ1v) is 7.88. The van der Waals surface area contributed by atoms with E-state index in [1.54, 1.807) is 12.1 Å². The fraction of sp³-hybridized carbons (Fsp3) is 0.636. The number of sulfonamides is 1. The Hall–Kier alpha value is -0.430. The van der Waals surface area contributed by atoms with Crippen LogP contribution >= 0.6 is 11.3 Å². The molecule has 1 atom stereocenters. The van der Waals surface area contributed by atoms with Crippen molar-refractivity contribution >= 4 is 21.4 Å². The molecule has 0 fully saturated rings. The van der Waals surface area contributed by atoms with Crippen LogP contribution in [0.4, 0.5) is 0 Å². The molecule has 0 aliphatic carbocycles. The molecular weight excluding hydrogens is 258 g/mol. The predicted molar refractivity (Wildman–Crippen MR) is 69.7 cm³/mol. The van der Waals surface area contributed by atoms with Gasteiger partial charge in [-0.25, -0.2) is 13.1 Å². The summed E-state index contributed by atoms with van der Waals surface area (Å²) in [6, 6.07) is 3.24. The van der Waals surface area contributed by atoms with Crippen LogP contribution in [0.1, 0.15) is 25.6 Å². The van der Waals surface area contributed by atoms with E-state index in [1.807, 2.05) is 20.8 Å². The summed E-state index contributed by atoms with van der Waals surface area (Å²) in [5, 5.41) is 8.79. The summed E-state index contributed by atoms with van der Waals surface area (Å²) in [4.78, 5) is 0.880. The van der Waals surface area contributed by atoms with Crippen LogP contribution < -0.4 is 4.72 Å². The van der Waals surface area contributed by atoms with Crippen molar-refractivity contribution < 1.29 is 13.5 Å². The van der Waals surface area contributed by atoms with Gasteiger partial charge in [-0.2, -0.15) is 0 Å². The van der Waals surface area contributed by atoms with E-state index in [0.717, 1.165) is 4.88 Å². The van der Waals surface area contributed by atoms with Gasteiger partial charge >= 0.3 is 0 Å². The molecule has 98 valence electrons. The highest BCUT2D eigenvalue weighted by Gasteiger charge is 2.20. The summed E-state index contributed by atoms with van der Waals surface area (Å²) in [5.74, 6) is 0.252. The molecular formula is C11H19NO3S2. The molecule has 6 heteroatoms. The first-order valence-electron chi connectivity index (χ1n) is 5.58. The summed E-state index contributed by atoms with van der Waals surface area (Å²) >= 11 is 1.21. The zero-order valence-corrected chi connectivity index (χ0v) is 11.9. The van der Waals surface area contributed by atoms with Crippen molar-refractivity contribution in [1.29, 1.82) is 0 Å². The van der Waals surface area contributed by atoms with Gasteiger partial charge in [-0.05, 0) is 25.0 Å². The molecule has 0 aliphatic rings. The van der Waals surface area contributed by atoms with Crippen LogP contribution in [-0.4, -0.2) is 26.2 Å². The van der Waals surface area contributed by atoms with Gasteiger partial charge in [-0.1, -0.05) is 13.8 Å². The Balaban J connectivity index is 2.82. The van der Waals surface area contributed by atoms with Crippen LogP contribution in [0.5, 0.6) is 0 Å². The maximum atomic E-state index is 12.0. The molecule has 4 nitrogen and oxygen atoms in total. The molecule has 0 aromatic carbocycles.